The van der Waals surface area contributed by atoms with Crippen LogP contribution in [0, 0.1) is 18.8 Å². The molecule has 0 N–H and O–H groups in total. The van der Waals surface area contributed by atoms with Gasteiger partial charge in [0.2, 0.25) is 5.95 Å². The van der Waals surface area contributed by atoms with Crippen LogP contribution in [0.5, 0.6) is 0 Å². The molecule has 18 heavy (non-hydrogen) atoms. The second-order valence-electron chi connectivity index (χ2n) is 5.98. The summed E-state index contributed by atoms with van der Waals surface area (Å²) in [4.78, 5) is 11.1. The molecule has 1 aliphatic carbocycles. The SMILES string of the molecule is Cc1cnc(N(C)C2CCC(C(C)C)CC2)nc1. The predicted molar refractivity (Wildman–Crippen MR) is 75.8 cm³/mol. The Bertz CT molecular complexity index is 364. The van der Waals surface area contributed by atoms with Crippen molar-refractivity contribution in [3.63, 3.8) is 0 Å². The van der Waals surface area contributed by atoms with Crippen LogP contribution < -0.4 is 4.90 Å². The first-order chi connectivity index (χ1) is 8.58. The number of rotatable bonds is 3. The Morgan fingerprint density at radius 3 is 2.17 bits per heavy atom. The van der Waals surface area contributed by atoms with E-state index in [-0.39, 0.29) is 0 Å². The molecule has 0 aliphatic heterocycles. The highest BCUT2D eigenvalue weighted by atomic mass is 15.2. The van der Waals surface area contributed by atoms with Gasteiger partial charge in [0.15, 0.2) is 0 Å². The topological polar surface area (TPSA) is 29.0 Å². The van der Waals surface area contributed by atoms with E-state index in [0.717, 1.165) is 23.3 Å². The van der Waals surface area contributed by atoms with Crippen molar-refractivity contribution in [2.45, 2.75) is 52.5 Å². The molecule has 0 spiro atoms. The summed E-state index contributed by atoms with van der Waals surface area (Å²) in [6, 6.07) is 0.614. The Morgan fingerprint density at radius 2 is 1.67 bits per heavy atom. The van der Waals surface area contributed by atoms with Gasteiger partial charge in [-0.05, 0) is 50.0 Å². The summed E-state index contributed by atoms with van der Waals surface area (Å²) >= 11 is 0. The van der Waals surface area contributed by atoms with Crippen LogP contribution in [0.25, 0.3) is 0 Å². The zero-order valence-corrected chi connectivity index (χ0v) is 12.1. The molecule has 100 valence electrons. The van der Waals surface area contributed by atoms with E-state index in [1.807, 2.05) is 19.3 Å². The van der Waals surface area contributed by atoms with E-state index in [0.29, 0.717) is 6.04 Å². The van der Waals surface area contributed by atoms with Crippen molar-refractivity contribution < 1.29 is 0 Å². The fourth-order valence-electron chi connectivity index (χ4n) is 2.89. The molecule has 2 rings (SSSR count). The number of hydrogen-bond acceptors (Lipinski definition) is 3. The molecule has 0 bridgehead atoms. The number of aromatic nitrogens is 2. The average Bonchev–Trinajstić information content (AvgIpc) is 2.39. The molecule has 0 unspecified atom stereocenters. The van der Waals surface area contributed by atoms with Gasteiger partial charge in [-0.2, -0.15) is 0 Å². The number of nitrogens with zero attached hydrogens (tertiary/aromatic N) is 3. The van der Waals surface area contributed by atoms with E-state index in [2.05, 4.69) is 35.8 Å². The molecular weight excluding hydrogens is 222 g/mol. The standard InChI is InChI=1S/C15H25N3/c1-11(2)13-5-7-14(8-6-13)18(4)15-16-9-12(3)10-17-15/h9-11,13-14H,5-8H2,1-4H3. The smallest absolute Gasteiger partial charge is 0.225 e. The first-order valence-corrected chi connectivity index (χ1v) is 7.09. The van der Waals surface area contributed by atoms with E-state index in [1.54, 1.807) is 0 Å². The first kappa shape index (κ1) is 13.3. The van der Waals surface area contributed by atoms with Crippen molar-refractivity contribution in [3.8, 4) is 0 Å². The largest absolute Gasteiger partial charge is 0.341 e. The van der Waals surface area contributed by atoms with Crippen LogP contribution in [0.15, 0.2) is 12.4 Å². The highest BCUT2D eigenvalue weighted by Gasteiger charge is 2.26. The Kier molecular flexibility index (Phi) is 4.20. The number of aryl methyl sites for hydroxylation is 1. The predicted octanol–water partition coefficient (Wildman–Crippen LogP) is 3.44. The van der Waals surface area contributed by atoms with Gasteiger partial charge in [-0.25, -0.2) is 9.97 Å². The Morgan fingerprint density at radius 1 is 1.11 bits per heavy atom. The molecule has 3 nitrogen and oxygen atoms in total. The van der Waals surface area contributed by atoms with Crippen LogP contribution in [-0.4, -0.2) is 23.1 Å². The summed E-state index contributed by atoms with van der Waals surface area (Å²) in [7, 11) is 2.13. The molecule has 1 heterocycles. The van der Waals surface area contributed by atoms with Crippen LogP contribution in [0.3, 0.4) is 0 Å². The van der Waals surface area contributed by atoms with Gasteiger partial charge >= 0.3 is 0 Å². The van der Waals surface area contributed by atoms with Crippen LogP contribution >= 0.6 is 0 Å². The molecular formula is C15H25N3. The third-order valence-corrected chi connectivity index (χ3v) is 4.31. The van der Waals surface area contributed by atoms with Crippen LogP contribution in [-0.2, 0) is 0 Å². The van der Waals surface area contributed by atoms with Gasteiger partial charge in [0.25, 0.3) is 0 Å². The van der Waals surface area contributed by atoms with Crippen LogP contribution in [0.4, 0.5) is 5.95 Å². The van der Waals surface area contributed by atoms with Crippen molar-refractivity contribution in [3.05, 3.63) is 18.0 Å². The molecule has 1 fully saturated rings. The number of hydrogen-bond donors (Lipinski definition) is 0. The minimum absolute atomic E-state index is 0.614. The third kappa shape index (κ3) is 3.01. The van der Waals surface area contributed by atoms with Crippen LogP contribution in [0.2, 0.25) is 0 Å². The van der Waals surface area contributed by atoms with Gasteiger partial charge in [-0.1, -0.05) is 13.8 Å². The molecule has 1 aromatic heterocycles. The van der Waals surface area contributed by atoms with E-state index in [4.69, 9.17) is 0 Å². The summed E-state index contributed by atoms with van der Waals surface area (Å²) in [5, 5.41) is 0. The summed E-state index contributed by atoms with van der Waals surface area (Å²) in [5.41, 5.74) is 1.12. The summed E-state index contributed by atoms with van der Waals surface area (Å²) < 4.78 is 0. The van der Waals surface area contributed by atoms with Crippen LogP contribution in [0.1, 0.15) is 45.1 Å². The molecule has 0 radical (unpaired) electrons. The summed E-state index contributed by atoms with van der Waals surface area (Å²) in [6.07, 6.45) is 9.04. The van der Waals surface area contributed by atoms with Gasteiger partial charge in [0.05, 0.1) is 0 Å². The van der Waals surface area contributed by atoms with Crippen molar-refractivity contribution in [2.75, 3.05) is 11.9 Å². The maximum atomic E-state index is 4.42. The van der Waals surface area contributed by atoms with Crippen molar-refractivity contribution in [1.82, 2.24) is 9.97 Å². The fourth-order valence-corrected chi connectivity index (χ4v) is 2.89. The van der Waals surface area contributed by atoms with Crippen molar-refractivity contribution in [2.24, 2.45) is 11.8 Å². The van der Waals surface area contributed by atoms with E-state index >= 15 is 0 Å². The minimum atomic E-state index is 0.614. The normalized spacial score (nSPS) is 24.3. The van der Waals surface area contributed by atoms with Gasteiger partial charge in [-0.15, -0.1) is 0 Å². The summed E-state index contributed by atoms with van der Waals surface area (Å²) in [6.45, 7) is 6.72. The maximum absolute atomic E-state index is 4.42. The Balaban J connectivity index is 1.95. The number of anilines is 1. The second kappa shape index (κ2) is 5.68. The highest BCUT2D eigenvalue weighted by molar-refractivity contribution is 5.30. The zero-order valence-electron chi connectivity index (χ0n) is 12.1. The summed E-state index contributed by atoms with van der Waals surface area (Å²) in [5.74, 6) is 2.61. The minimum Gasteiger partial charge on any atom is -0.341 e. The lowest BCUT2D eigenvalue weighted by molar-refractivity contribution is 0.255. The van der Waals surface area contributed by atoms with E-state index in [1.165, 1.54) is 25.7 Å². The van der Waals surface area contributed by atoms with Gasteiger partial charge in [0, 0.05) is 25.5 Å². The Hall–Kier alpha value is -1.12. The molecule has 1 aliphatic rings. The third-order valence-electron chi connectivity index (χ3n) is 4.31. The van der Waals surface area contributed by atoms with E-state index in [9.17, 15) is 0 Å². The average molecular weight is 247 g/mol. The first-order valence-electron chi connectivity index (χ1n) is 7.09. The molecule has 3 heteroatoms. The highest BCUT2D eigenvalue weighted by Crippen LogP contribution is 2.32. The van der Waals surface area contributed by atoms with Crippen molar-refractivity contribution in [1.29, 1.82) is 0 Å². The maximum Gasteiger partial charge on any atom is 0.225 e. The molecule has 0 saturated heterocycles. The second-order valence-corrected chi connectivity index (χ2v) is 5.98. The fraction of sp³-hybridized carbons (Fsp3) is 0.733. The lowest BCUT2D eigenvalue weighted by Crippen LogP contribution is -2.37. The van der Waals surface area contributed by atoms with Crippen molar-refractivity contribution >= 4 is 5.95 Å². The Labute approximate surface area is 111 Å². The molecule has 0 aromatic carbocycles. The quantitative estimate of drug-likeness (QED) is 0.819. The molecule has 1 saturated carbocycles. The lowest BCUT2D eigenvalue weighted by atomic mass is 9.79. The zero-order chi connectivity index (χ0) is 13.1. The molecule has 0 amide bonds. The monoisotopic (exact) mass is 247 g/mol. The lowest BCUT2D eigenvalue weighted by Gasteiger charge is -2.36. The molecule has 1 aromatic rings. The van der Waals surface area contributed by atoms with Gasteiger partial charge in [-0.3, -0.25) is 0 Å². The van der Waals surface area contributed by atoms with Gasteiger partial charge in [0.1, 0.15) is 0 Å². The van der Waals surface area contributed by atoms with Gasteiger partial charge < -0.3 is 4.90 Å². The molecule has 0 atom stereocenters. The van der Waals surface area contributed by atoms with E-state index < -0.39 is 0 Å².